The van der Waals surface area contributed by atoms with E-state index < -0.39 is 0 Å². The Morgan fingerprint density at radius 1 is 1.23 bits per heavy atom. The van der Waals surface area contributed by atoms with E-state index in [1.165, 1.54) is 4.90 Å². The predicted octanol–water partition coefficient (Wildman–Crippen LogP) is 1.67. The molecule has 1 aromatic heterocycles. The Hall–Kier alpha value is -2.70. The lowest BCUT2D eigenvalue weighted by atomic mass is 10.2. The summed E-state index contributed by atoms with van der Waals surface area (Å²) in [6.45, 7) is 1.41. The maximum Gasteiger partial charge on any atom is 0.258 e. The Kier molecular flexibility index (Phi) is 5.65. The van der Waals surface area contributed by atoms with Gasteiger partial charge in [-0.3, -0.25) is 14.4 Å². The maximum atomic E-state index is 12.4. The summed E-state index contributed by atoms with van der Waals surface area (Å²) in [5, 5.41) is 0.532. The van der Waals surface area contributed by atoms with Crippen LogP contribution >= 0.6 is 0 Å². The van der Waals surface area contributed by atoms with Crippen LogP contribution in [0.3, 0.4) is 0 Å². The Balaban J connectivity index is 1.60. The molecule has 0 spiro atoms. The first-order chi connectivity index (χ1) is 12.5. The number of hydrogen-bond donors (Lipinski definition) is 1. The number of para-hydroxylation sites is 1. The molecule has 7 heteroatoms. The summed E-state index contributed by atoms with van der Waals surface area (Å²) in [5.41, 5.74) is 0.406. The summed E-state index contributed by atoms with van der Waals surface area (Å²) in [5.74, 6) is 0.520. The number of carbonyl (C=O) groups excluding carboxylic acids is 2. The van der Waals surface area contributed by atoms with E-state index in [4.69, 9.17) is 0 Å². The summed E-state index contributed by atoms with van der Waals surface area (Å²) >= 11 is 0. The standard InChI is InChI=1S/C19H24N4O3/c1-22(17(24)10-12-23-11-6-2-3-9-18(23)25)13-16-20-15-8-5-4-7-14(15)19(26)21-16/h4-5,7-8H,2-3,6,9-13H2,1H3,(H,20,21,26). The second-order valence-electron chi connectivity index (χ2n) is 6.72. The van der Waals surface area contributed by atoms with E-state index in [1.807, 2.05) is 6.07 Å². The van der Waals surface area contributed by atoms with E-state index in [0.29, 0.717) is 29.7 Å². The van der Waals surface area contributed by atoms with Gasteiger partial charge in [0, 0.05) is 33.0 Å². The number of aromatic nitrogens is 2. The zero-order chi connectivity index (χ0) is 18.5. The molecule has 3 rings (SSSR count). The van der Waals surface area contributed by atoms with Crippen LogP contribution in [0.25, 0.3) is 10.9 Å². The minimum Gasteiger partial charge on any atom is -0.342 e. The van der Waals surface area contributed by atoms with Gasteiger partial charge in [-0.2, -0.15) is 0 Å². The fraction of sp³-hybridized carbons (Fsp3) is 0.474. The minimum absolute atomic E-state index is 0.0714. The molecular weight excluding hydrogens is 332 g/mol. The largest absolute Gasteiger partial charge is 0.342 e. The van der Waals surface area contributed by atoms with Crippen LogP contribution in [-0.4, -0.2) is 51.7 Å². The molecule has 1 fully saturated rings. The predicted molar refractivity (Wildman–Crippen MR) is 98.5 cm³/mol. The highest BCUT2D eigenvalue weighted by molar-refractivity contribution is 5.79. The molecule has 1 aromatic carbocycles. The van der Waals surface area contributed by atoms with Crippen molar-refractivity contribution in [1.82, 2.24) is 19.8 Å². The summed E-state index contributed by atoms with van der Waals surface area (Å²) in [6, 6.07) is 7.11. The van der Waals surface area contributed by atoms with Crippen molar-refractivity contribution in [3.05, 3.63) is 40.4 Å². The summed E-state index contributed by atoms with van der Waals surface area (Å²) < 4.78 is 0. The highest BCUT2D eigenvalue weighted by Gasteiger charge is 2.19. The fourth-order valence-corrected chi connectivity index (χ4v) is 3.22. The molecule has 1 saturated heterocycles. The molecule has 0 radical (unpaired) electrons. The Bertz CT molecular complexity index is 861. The highest BCUT2D eigenvalue weighted by Crippen LogP contribution is 2.12. The molecule has 0 saturated carbocycles. The molecule has 1 N–H and O–H groups in total. The van der Waals surface area contributed by atoms with Gasteiger partial charge in [-0.1, -0.05) is 18.6 Å². The Morgan fingerprint density at radius 3 is 2.88 bits per heavy atom. The van der Waals surface area contributed by atoms with Gasteiger partial charge in [0.2, 0.25) is 11.8 Å². The van der Waals surface area contributed by atoms with Crippen LogP contribution in [-0.2, 0) is 16.1 Å². The molecule has 2 heterocycles. The van der Waals surface area contributed by atoms with Crippen LogP contribution in [0, 0.1) is 0 Å². The first kappa shape index (κ1) is 18.1. The topological polar surface area (TPSA) is 86.4 Å². The van der Waals surface area contributed by atoms with Gasteiger partial charge >= 0.3 is 0 Å². The lowest BCUT2D eigenvalue weighted by Gasteiger charge is -2.22. The van der Waals surface area contributed by atoms with Gasteiger partial charge in [0.05, 0.1) is 17.4 Å². The third-order valence-electron chi connectivity index (χ3n) is 4.74. The minimum atomic E-state index is -0.207. The van der Waals surface area contributed by atoms with Crippen molar-refractivity contribution in [2.75, 3.05) is 20.1 Å². The lowest BCUT2D eigenvalue weighted by Crippen LogP contribution is -2.35. The van der Waals surface area contributed by atoms with Crippen molar-refractivity contribution >= 4 is 22.7 Å². The average molecular weight is 356 g/mol. The van der Waals surface area contributed by atoms with E-state index >= 15 is 0 Å². The van der Waals surface area contributed by atoms with Gasteiger partial charge in [-0.05, 0) is 25.0 Å². The van der Waals surface area contributed by atoms with E-state index in [-0.39, 0.29) is 30.3 Å². The fourth-order valence-electron chi connectivity index (χ4n) is 3.22. The van der Waals surface area contributed by atoms with Crippen molar-refractivity contribution < 1.29 is 9.59 Å². The molecular formula is C19H24N4O3. The first-order valence-corrected chi connectivity index (χ1v) is 9.04. The number of aromatic amines is 1. The number of likely N-dealkylation sites (tertiary alicyclic amines) is 1. The molecule has 0 bridgehead atoms. The molecule has 138 valence electrons. The number of hydrogen-bond acceptors (Lipinski definition) is 4. The second-order valence-corrected chi connectivity index (χ2v) is 6.72. The van der Waals surface area contributed by atoms with Crippen molar-refractivity contribution in [2.45, 2.75) is 38.6 Å². The summed E-state index contributed by atoms with van der Waals surface area (Å²) in [7, 11) is 1.68. The molecule has 0 atom stereocenters. The van der Waals surface area contributed by atoms with Gasteiger partial charge < -0.3 is 14.8 Å². The lowest BCUT2D eigenvalue weighted by molar-refractivity contribution is -0.133. The Morgan fingerprint density at radius 2 is 2.04 bits per heavy atom. The number of rotatable bonds is 5. The molecule has 26 heavy (non-hydrogen) atoms. The van der Waals surface area contributed by atoms with Gasteiger partial charge in [0.25, 0.3) is 5.56 Å². The molecule has 7 nitrogen and oxygen atoms in total. The quantitative estimate of drug-likeness (QED) is 0.883. The number of benzene rings is 1. The monoisotopic (exact) mass is 356 g/mol. The number of nitrogens with one attached hydrogen (secondary N) is 1. The van der Waals surface area contributed by atoms with Crippen molar-refractivity contribution in [3.63, 3.8) is 0 Å². The average Bonchev–Trinajstić information content (AvgIpc) is 2.84. The number of H-pyrrole nitrogens is 1. The van der Waals surface area contributed by atoms with Gasteiger partial charge in [-0.15, -0.1) is 0 Å². The molecule has 0 unspecified atom stereocenters. The third-order valence-corrected chi connectivity index (χ3v) is 4.74. The van der Waals surface area contributed by atoms with Crippen LogP contribution in [0.4, 0.5) is 0 Å². The van der Waals surface area contributed by atoms with Crippen molar-refractivity contribution in [2.24, 2.45) is 0 Å². The molecule has 2 amide bonds. The van der Waals surface area contributed by atoms with Crippen LogP contribution in [0.1, 0.15) is 37.9 Å². The van der Waals surface area contributed by atoms with Crippen molar-refractivity contribution in [3.8, 4) is 0 Å². The summed E-state index contributed by atoms with van der Waals surface area (Å²) in [6.07, 6.45) is 3.85. The molecule has 0 aliphatic carbocycles. The number of nitrogens with zero attached hydrogens (tertiary/aromatic N) is 3. The smallest absolute Gasteiger partial charge is 0.258 e. The van der Waals surface area contributed by atoms with Gasteiger partial charge in [0.15, 0.2) is 0 Å². The van der Waals surface area contributed by atoms with Gasteiger partial charge in [-0.25, -0.2) is 4.98 Å². The molecule has 2 aromatic rings. The highest BCUT2D eigenvalue weighted by atomic mass is 16.2. The number of carbonyl (C=O) groups is 2. The van der Waals surface area contributed by atoms with Crippen LogP contribution in [0.15, 0.2) is 29.1 Å². The Labute approximate surface area is 152 Å². The first-order valence-electron chi connectivity index (χ1n) is 9.04. The molecule has 1 aliphatic heterocycles. The van der Waals surface area contributed by atoms with E-state index in [0.717, 1.165) is 25.8 Å². The summed E-state index contributed by atoms with van der Waals surface area (Å²) in [4.78, 5) is 47.0. The van der Waals surface area contributed by atoms with E-state index in [1.54, 1.807) is 30.1 Å². The zero-order valence-electron chi connectivity index (χ0n) is 15.0. The van der Waals surface area contributed by atoms with E-state index in [9.17, 15) is 14.4 Å². The van der Waals surface area contributed by atoms with Crippen LogP contribution in [0.5, 0.6) is 0 Å². The van der Waals surface area contributed by atoms with Gasteiger partial charge in [0.1, 0.15) is 5.82 Å². The molecule has 1 aliphatic rings. The maximum absolute atomic E-state index is 12.4. The van der Waals surface area contributed by atoms with Crippen LogP contribution in [0.2, 0.25) is 0 Å². The van der Waals surface area contributed by atoms with E-state index in [2.05, 4.69) is 9.97 Å². The van der Waals surface area contributed by atoms with Crippen LogP contribution < -0.4 is 5.56 Å². The third kappa shape index (κ3) is 4.28. The normalized spacial score (nSPS) is 15.1. The second kappa shape index (κ2) is 8.12. The number of amides is 2. The zero-order valence-corrected chi connectivity index (χ0v) is 15.0. The van der Waals surface area contributed by atoms with Crippen molar-refractivity contribution in [1.29, 1.82) is 0 Å². The SMILES string of the molecule is CN(Cc1nc2ccccc2c(=O)[nH]1)C(=O)CCN1CCCCCC1=O. The number of fused-ring (bicyclic) bond motifs is 1.